The molecule has 14 heavy (non-hydrogen) atoms. The van der Waals surface area contributed by atoms with Gasteiger partial charge in [-0.1, -0.05) is 13.8 Å². The quantitative estimate of drug-likeness (QED) is 0.470. The van der Waals surface area contributed by atoms with Crippen molar-refractivity contribution >= 4 is 17.4 Å². The van der Waals surface area contributed by atoms with Gasteiger partial charge in [-0.2, -0.15) is 5.26 Å². The van der Waals surface area contributed by atoms with Crippen molar-refractivity contribution in [2.75, 3.05) is 5.73 Å². The molecule has 0 spiro atoms. The Morgan fingerprint density at radius 2 is 1.79 bits per heavy atom. The first-order valence-electron chi connectivity index (χ1n) is 4.70. The van der Waals surface area contributed by atoms with Crippen LogP contribution >= 0.6 is 11.8 Å². The molecule has 2 nitrogen and oxygen atoms in total. The minimum atomic E-state index is 0.886. The SMILES string of the molecule is CCc1cc(SC#N)cc(CC)c1N. The van der Waals surface area contributed by atoms with E-state index in [1.807, 2.05) is 12.1 Å². The molecule has 3 heteroatoms. The molecule has 0 unspecified atom stereocenters. The van der Waals surface area contributed by atoms with Crippen molar-refractivity contribution < 1.29 is 0 Å². The summed E-state index contributed by atoms with van der Waals surface area (Å²) in [6, 6.07) is 4.00. The fourth-order valence-electron chi connectivity index (χ4n) is 1.44. The van der Waals surface area contributed by atoms with Crippen LogP contribution in [0, 0.1) is 10.7 Å². The maximum atomic E-state index is 8.60. The molecule has 0 bridgehead atoms. The van der Waals surface area contributed by atoms with E-state index in [9.17, 15) is 0 Å². The Morgan fingerprint density at radius 1 is 1.29 bits per heavy atom. The zero-order valence-electron chi connectivity index (χ0n) is 8.50. The lowest BCUT2D eigenvalue weighted by Crippen LogP contribution is -1.98. The van der Waals surface area contributed by atoms with Gasteiger partial charge in [-0.05, 0) is 47.9 Å². The van der Waals surface area contributed by atoms with Crippen LogP contribution in [0.5, 0.6) is 0 Å². The molecule has 0 radical (unpaired) electrons. The number of thioether (sulfide) groups is 1. The van der Waals surface area contributed by atoms with Gasteiger partial charge in [0.25, 0.3) is 0 Å². The molecule has 74 valence electrons. The molecule has 0 atom stereocenters. The van der Waals surface area contributed by atoms with Crippen molar-refractivity contribution in [1.82, 2.24) is 0 Å². The van der Waals surface area contributed by atoms with Crippen LogP contribution in [0.15, 0.2) is 17.0 Å². The Hall–Kier alpha value is -1.14. The third-order valence-corrected chi connectivity index (χ3v) is 2.81. The molecule has 1 rings (SSSR count). The van der Waals surface area contributed by atoms with Crippen molar-refractivity contribution in [3.8, 4) is 5.40 Å². The molecule has 0 aromatic heterocycles. The van der Waals surface area contributed by atoms with Crippen LogP contribution in [0.4, 0.5) is 5.69 Å². The lowest BCUT2D eigenvalue weighted by atomic mass is 10.0. The molecule has 0 amide bonds. The molecule has 1 aromatic carbocycles. The number of benzene rings is 1. The third-order valence-electron chi connectivity index (χ3n) is 2.25. The standard InChI is InChI=1S/C11H14N2S/c1-3-8-5-10(14-7-12)6-9(4-2)11(8)13/h5-6H,3-4,13H2,1-2H3. The number of nitrogens with two attached hydrogens (primary N) is 1. The summed E-state index contributed by atoms with van der Waals surface area (Å²) in [6.45, 7) is 4.15. The van der Waals surface area contributed by atoms with Crippen LogP contribution in [-0.4, -0.2) is 0 Å². The summed E-state index contributed by atoms with van der Waals surface area (Å²) in [5.74, 6) is 0. The fourth-order valence-corrected chi connectivity index (χ4v) is 1.95. The summed E-state index contributed by atoms with van der Waals surface area (Å²) in [5, 5.41) is 10.7. The number of hydrogen-bond acceptors (Lipinski definition) is 3. The molecule has 0 aliphatic rings. The van der Waals surface area contributed by atoms with Gasteiger partial charge in [-0.15, -0.1) is 0 Å². The topological polar surface area (TPSA) is 49.8 Å². The molecule has 1 aromatic rings. The molecule has 0 fully saturated rings. The van der Waals surface area contributed by atoms with Crippen molar-refractivity contribution in [2.45, 2.75) is 31.6 Å². The van der Waals surface area contributed by atoms with Gasteiger partial charge < -0.3 is 5.73 Å². The van der Waals surface area contributed by atoms with E-state index in [0.717, 1.165) is 34.6 Å². The smallest absolute Gasteiger partial charge is 0.138 e. The van der Waals surface area contributed by atoms with Crippen LogP contribution < -0.4 is 5.73 Å². The van der Waals surface area contributed by atoms with E-state index in [1.165, 1.54) is 11.8 Å². The number of hydrogen-bond donors (Lipinski definition) is 1. The summed E-state index contributed by atoms with van der Waals surface area (Å²) in [5.41, 5.74) is 9.15. The van der Waals surface area contributed by atoms with Crippen LogP contribution in [0.3, 0.4) is 0 Å². The van der Waals surface area contributed by atoms with Crippen molar-refractivity contribution in [3.05, 3.63) is 23.3 Å². The minimum absolute atomic E-state index is 0.886. The van der Waals surface area contributed by atoms with E-state index < -0.39 is 0 Å². The number of rotatable bonds is 3. The van der Waals surface area contributed by atoms with E-state index >= 15 is 0 Å². The minimum Gasteiger partial charge on any atom is -0.398 e. The highest BCUT2D eigenvalue weighted by atomic mass is 32.2. The Balaban J connectivity index is 3.19. The summed E-state index contributed by atoms with van der Waals surface area (Å²) in [6.07, 6.45) is 1.83. The van der Waals surface area contributed by atoms with E-state index in [0.29, 0.717) is 0 Å². The first kappa shape index (κ1) is 10.9. The van der Waals surface area contributed by atoms with Gasteiger partial charge in [0.15, 0.2) is 0 Å². The Morgan fingerprint density at radius 3 is 2.14 bits per heavy atom. The number of anilines is 1. The summed E-state index contributed by atoms with van der Waals surface area (Å²) >= 11 is 1.19. The van der Waals surface area contributed by atoms with Gasteiger partial charge in [0.05, 0.1) is 0 Å². The fraction of sp³-hybridized carbons (Fsp3) is 0.364. The van der Waals surface area contributed by atoms with Gasteiger partial charge in [-0.25, -0.2) is 0 Å². The molecule has 2 N–H and O–H groups in total. The highest BCUT2D eigenvalue weighted by Crippen LogP contribution is 2.27. The predicted molar refractivity (Wildman–Crippen MR) is 61.1 cm³/mol. The van der Waals surface area contributed by atoms with Crippen molar-refractivity contribution in [1.29, 1.82) is 5.26 Å². The van der Waals surface area contributed by atoms with Crippen molar-refractivity contribution in [2.24, 2.45) is 0 Å². The van der Waals surface area contributed by atoms with E-state index in [4.69, 9.17) is 11.0 Å². The maximum absolute atomic E-state index is 8.60. The van der Waals surface area contributed by atoms with Crippen LogP contribution in [-0.2, 0) is 12.8 Å². The second-order valence-corrected chi connectivity index (χ2v) is 3.91. The zero-order valence-corrected chi connectivity index (χ0v) is 9.32. The molecule has 0 heterocycles. The van der Waals surface area contributed by atoms with Gasteiger partial charge in [0, 0.05) is 10.6 Å². The molecule has 0 saturated carbocycles. The summed E-state index contributed by atoms with van der Waals surface area (Å²) in [7, 11) is 0. The number of nitrogen functional groups attached to an aromatic ring is 1. The highest BCUT2D eigenvalue weighted by molar-refractivity contribution is 8.03. The predicted octanol–water partition coefficient (Wildman–Crippen LogP) is 2.97. The first-order valence-corrected chi connectivity index (χ1v) is 5.51. The second-order valence-electron chi connectivity index (χ2n) is 3.06. The van der Waals surface area contributed by atoms with Crippen LogP contribution in [0.2, 0.25) is 0 Å². The zero-order chi connectivity index (χ0) is 10.6. The molecular weight excluding hydrogens is 192 g/mol. The normalized spacial score (nSPS) is 9.79. The highest BCUT2D eigenvalue weighted by Gasteiger charge is 2.05. The van der Waals surface area contributed by atoms with Crippen LogP contribution in [0.1, 0.15) is 25.0 Å². The number of aryl methyl sites for hydroxylation is 2. The average Bonchev–Trinajstić information content (AvgIpc) is 2.20. The number of nitrogens with zero attached hydrogens (tertiary/aromatic N) is 1. The van der Waals surface area contributed by atoms with E-state index in [1.54, 1.807) is 0 Å². The molecular formula is C11H14N2S. The van der Waals surface area contributed by atoms with Gasteiger partial charge >= 0.3 is 0 Å². The monoisotopic (exact) mass is 206 g/mol. The first-order chi connectivity index (χ1) is 6.72. The van der Waals surface area contributed by atoms with E-state index in [-0.39, 0.29) is 0 Å². The lowest BCUT2D eigenvalue weighted by molar-refractivity contribution is 1.07. The number of nitriles is 1. The Kier molecular flexibility index (Phi) is 3.84. The lowest BCUT2D eigenvalue weighted by Gasteiger charge is -2.09. The third kappa shape index (κ3) is 2.21. The summed E-state index contributed by atoms with van der Waals surface area (Å²) in [4.78, 5) is 0.996. The average molecular weight is 206 g/mol. The van der Waals surface area contributed by atoms with Crippen molar-refractivity contribution in [3.63, 3.8) is 0 Å². The Labute approximate surface area is 89.1 Å². The largest absolute Gasteiger partial charge is 0.398 e. The van der Waals surface area contributed by atoms with Gasteiger partial charge in [0.1, 0.15) is 5.40 Å². The molecule has 0 aliphatic carbocycles. The van der Waals surface area contributed by atoms with Gasteiger partial charge in [-0.3, -0.25) is 0 Å². The maximum Gasteiger partial charge on any atom is 0.138 e. The number of thiocyanates is 1. The Bertz CT molecular complexity index is 341. The van der Waals surface area contributed by atoms with Crippen LogP contribution in [0.25, 0.3) is 0 Å². The molecule has 0 saturated heterocycles. The van der Waals surface area contributed by atoms with E-state index in [2.05, 4.69) is 19.2 Å². The molecule has 0 aliphatic heterocycles. The van der Waals surface area contributed by atoms with Gasteiger partial charge in [0.2, 0.25) is 0 Å². The second kappa shape index (κ2) is 4.92. The summed E-state index contributed by atoms with van der Waals surface area (Å²) < 4.78 is 0.